The molecule has 0 amide bonds. The topological polar surface area (TPSA) is 18.5 Å². The zero-order chi connectivity index (χ0) is 6.41. The fraction of sp³-hybridized carbons (Fsp3) is 0.200. The van der Waals surface area contributed by atoms with Gasteiger partial charge in [-0.3, -0.25) is 0 Å². The summed E-state index contributed by atoms with van der Waals surface area (Å²) in [7, 11) is -1.13. The van der Waals surface area contributed by atoms with Crippen molar-refractivity contribution >= 4 is 9.28 Å². The molecule has 0 aliphatic carbocycles. The van der Waals surface area contributed by atoms with Gasteiger partial charge < -0.3 is 8.85 Å². The lowest BCUT2D eigenvalue weighted by Gasteiger charge is -2.03. The normalized spacial score (nSPS) is 8.25. The molecule has 0 aliphatic heterocycles. The van der Waals surface area contributed by atoms with Crippen LogP contribution in [0.5, 0.6) is 0 Å². The van der Waals surface area contributed by atoms with E-state index in [0.717, 1.165) is 0 Å². The smallest absolute Gasteiger partial charge is 0.517 e. The van der Waals surface area contributed by atoms with E-state index >= 15 is 0 Å². The van der Waals surface area contributed by atoms with Crippen molar-refractivity contribution in [2.75, 3.05) is 0 Å². The Morgan fingerprint density at radius 2 is 1.62 bits per heavy atom. The highest BCUT2D eigenvalue weighted by atomic mass is 28.3. The van der Waals surface area contributed by atoms with E-state index in [1.165, 1.54) is 12.5 Å². The highest BCUT2D eigenvalue weighted by Crippen LogP contribution is 1.87. The molecule has 45 valence electrons. The molecule has 0 rings (SSSR count). The van der Waals surface area contributed by atoms with Gasteiger partial charge in [0.25, 0.3) is 0 Å². The van der Waals surface area contributed by atoms with Crippen molar-refractivity contribution in [2.45, 2.75) is 6.55 Å². The third kappa shape index (κ3) is 3.49. The van der Waals surface area contributed by atoms with Gasteiger partial charge in [-0.05, 0) is 0 Å². The molecular formula is C5H9O2Si. The van der Waals surface area contributed by atoms with Crippen LogP contribution < -0.4 is 0 Å². The van der Waals surface area contributed by atoms with E-state index in [2.05, 4.69) is 13.2 Å². The highest BCUT2D eigenvalue weighted by molar-refractivity contribution is 6.42. The Bertz CT molecular complexity index is 72.5. The summed E-state index contributed by atoms with van der Waals surface area (Å²) in [5, 5.41) is 0. The molecule has 0 aromatic heterocycles. The van der Waals surface area contributed by atoms with Crippen LogP contribution in [0, 0.1) is 0 Å². The molecule has 0 aliphatic rings. The lowest BCUT2D eigenvalue weighted by atomic mass is 11.2. The molecule has 0 aromatic rings. The standard InChI is InChI=1S/C5H9O2Si/c1-4-6-8(3)7-5-2/h4-5H,1-2H2,3H3. The fourth-order valence-electron chi connectivity index (χ4n) is 0.262. The maximum Gasteiger partial charge on any atom is 0.527 e. The second-order valence-electron chi connectivity index (χ2n) is 1.06. The van der Waals surface area contributed by atoms with Crippen LogP contribution in [0.15, 0.2) is 25.7 Å². The third-order valence-corrected chi connectivity index (χ3v) is 1.50. The Morgan fingerprint density at radius 1 is 1.25 bits per heavy atom. The van der Waals surface area contributed by atoms with Crippen molar-refractivity contribution < 1.29 is 8.85 Å². The molecule has 0 unspecified atom stereocenters. The quantitative estimate of drug-likeness (QED) is 0.422. The van der Waals surface area contributed by atoms with Crippen LogP contribution in [0.25, 0.3) is 0 Å². The molecule has 3 heteroatoms. The van der Waals surface area contributed by atoms with Crippen LogP contribution in [0.3, 0.4) is 0 Å². The first kappa shape index (κ1) is 7.30. The molecule has 2 nitrogen and oxygen atoms in total. The van der Waals surface area contributed by atoms with Gasteiger partial charge in [0, 0.05) is 6.55 Å². The zero-order valence-corrected chi connectivity index (χ0v) is 5.89. The van der Waals surface area contributed by atoms with E-state index in [4.69, 9.17) is 8.85 Å². The van der Waals surface area contributed by atoms with Crippen molar-refractivity contribution in [1.29, 1.82) is 0 Å². The van der Waals surface area contributed by atoms with Crippen molar-refractivity contribution in [3.8, 4) is 0 Å². The molecule has 1 radical (unpaired) electrons. The molecule has 0 saturated carbocycles. The number of hydrogen-bond acceptors (Lipinski definition) is 2. The molecule has 0 bridgehead atoms. The predicted molar refractivity (Wildman–Crippen MR) is 34.2 cm³/mol. The SMILES string of the molecule is C=CO[Si](C)OC=C. The summed E-state index contributed by atoms with van der Waals surface area (Å²) in [6.07, 6.45) is 2.75. The predicted octanol–water partition coefficient (Wildman–Crippen LogP) is 1.42. The van der Waals surface area contributed by atoms with Crippen molar-refractivity contribution in [2.24, 2.45) is 0 Å². The summed E-state index contributed by atoms with van der Waals surface area (Å²) in [5.74, 6) is 0. The summed E-state index contributed by atoms with van der Waals surface area (Å²) in [5.41, 5.74) is 0. The van der Waals surface area contributed by atoms with Crippen LogP contribution in [-0.2, 0) is 8.85 Å². The first-order valence-corrected chi connectivity index (χ1v) is 4.01. The summed E-state index contributed by atoms with van der Waals surface area (Å²) >= 11 is 0. The Kier molecular flexibility index (Phi) is 4.06. The molecule has 0 fully saturated rings. The second kappa shape index (κ2) is 4.46. The summed E-state index contributed by atoms with van der Waals surface area (Å²) < 4.78 is 9.71. The monoisotopic (exact) mass is 129 g/mol. The van der Waals surface area contributed by atoms with E-state index in [1.807, 2.05) is 6.55 Å². The summed E-state index contributed by atoms with van der Waals surface area (Å²) in [6, 6.07) is 0. The van der Waals surface area contributed by atoms with Crippen LogP contribution in [-0.4, -0.2) is 9.28 Å². The molecule has 0 atom stereocenters. The molecular weight excluding hydrogens is 120 g/mol. The van der Waals surface area contributed by atoms with Crippen LogP contribution in [0.1, 0.15) is 0 Å². The van der Waals surface area contributed by atoms with Gasteiger partial charge in [-0.1, -0.05) is 13.2 Å². The fourth-order valence-corrected chi connectivity index (χ4v) is 0.787. The van der Waals surface area contributed by atoms with Gasteiger partial charge in [0.05, 0.1) is 12.5 Å². The molecule has 0 heterocycles. The molecule has 0 saturated heterocycles. The average molecular weight is 129 g/mol. The van der Waals surface area contributed by atoms with Gasteiger partial charge in [0.15, 0.2) is 0 Å². The number of rotatable bonds is 4. The Hall–Kier alpha value is -0.703. The van der Waals surface area contributed by atoms with E-state index in [0.29, 0.717) is 0 Å². The summed E-state index contributed by atoms with van der Waals surface area (Å²) in [6.45, 7) is 8.60. The maximum atomic E-state index is 4.85. The lowest BCUT2D eigenvalue weighted by Crippen LogP contribution is -2.10. The Morgan fingerprint density at radius 3 is 1.88 bits per heavy atom. The van der Waals surface area contributed by atoms with E-state index < -0.39 is 9.28 Å². The van der Waals surface area contributed by atoms with Crippen molar-refractivity contribution in [3.63, 3.8) is 0 Å². The van der Waals surface area contributed by atoms with Crippen molar-refractivity contribution in [3.05, 3.63) is 25.7 Å². The van der Waals surface area contributed by atoms with Gasteiger partial charge in [-0.2, -0.15) is 0 Å². The van der Waals surface area contributed by atoms with Crippen LogP contribution >= 0.6 is 0 Å². The van der Waals surface area contributed by atoms with E-state index in [-0.39, 0.29) is 0 Å². The van der Waals surface area contributed by atoms with Gasteiger partial charge in [-0.15, -0.1) is 0 Å². The minimum Gasteiger partial charge on any atom is -0.517 e. The minimum atomic E-state index is -1.13. The van der Waals surface area contributed by atoms with E-state index in [9.17, 15) is 0 Å². The van der Waals surface area contributed by atoms with E-state index in [1.54, 1.807) is 0 Å². The van der Waals surface area contributed by atoms with Crippen LogP contribution in [0.4, 0.5) is 0 Å². The summed E-state index contributed by atoms with van der Waals surface area (Å²) in [4.78, 5) is 0. The average Bonchev–Trinajstić information content (AvgIpc) is 1.68. The van der Waals surface area contributed by atoms with Gasteiger partial charge >= 0.3 is 9.28 Å². The first-order valence-electron chi connectivity index (χ1n) is 2.20. The zero-order valence-electron chi connectivity index (χ0n) is 4.89. The molecule has 0 spiro atoms. The largest absolute Gasteiger partial charge is 0.527 e. The number of hydrogen-bond donors (Lipinski definition) is 0. The third-order valence-electron chi connectivity index (χ3n) is 0.499. The van der Waals surface area contributed by atoms with Gasteiger partial charge in [0.1, 0.15) is 0 Å². The van der Waals surface area contributed by atoms with Crippen LogP contribution in [0.2, 0.25) is 6.55 Å². The maximum absolute atomic E-state index is 4.85. The second-order valence-corrected chi connectivity index (χ2v) is 2.52. The Balaban J connectivity index is 3.16. The van der Waals surface area contributed by atoms with Crippen molar-refractivity contribution in [1.82, 2.24) is 0 Å². The highest BCUT2D eigenvalue weighted by Gasteiger charge is 2.04. The van der Waals surface area contributed by atoms with Gasteiger partial charge in [-0.25, -0.2) is 0 Å². The molecule has 0 N–H and O–H groups in total. The van der Waals surface area contributed by atoms with Gasteiger partial charge in [0.2, 0.25) is 0 Å². The molecule has 8 heavy (non-hydrogen) atoms. The molecule has 0 aromatic carbocycles. The first-order chi connectivity index (χ1) is 3.81. The Labute approximate surface area is 51.3 Å². The minimum absolute atomic E-state index is 1.13. The lowest BCUT2D eigenvalue weighted by molar-refractivity contribution is 0.351.